The van der Waals surface area contributed by atoms with Gasteiger partial charge in [0.2, 0.25) is 0 Å². The summed E-state index contributed by atoms with van der Waals surface area (Å²) in [5.41, 5.74) is 1.44. The summed E-state index contributed by atoms with van der Waals surface area (Å²) in [6.07, 6.45) is -4.66. The SMILES string of the molecule is CC1CN(C(=O)c2cc(C(F)(F)F)ccc2NN)CCO1. The van der Waals surface area contributed by atoms with E-state index in [0.717, 1.165) is 18.2 Å². The molecule has 1 unspecified atom stereocenters. The molecule has 2 rings (SSSR count). The first kappa shape index (κ1) is 15.6. The van der Waals surface area contributed by atoms with E-state index >= 15 is 0 Å². The molecule has 116 valence electrons. The first-order chi connectivity index (χ1) is 9.82. The summed E-state index contributed by atoms with van der Waals surface area (Å²) in [7, 11) is 0. The second-order valence-corrected chi connectivity index (χ2v) is 4.84. The van der Waals surface area contributed by atoms with Crippen molar-refractivity contribution in [2.45, 2.75) is 19.2 Å². The Hall–Kier alpha value is -1.80. The van der Waals surface area contributed by atoms with Crippen LogP contribution in [0.15, 0.2) is 18.2 Å². The molecule has 0 saturated carbocycles. The number of nitrogen functional groups attached to an aromatic ring is 1. The molecule has 0 aliphatic carbocycles. The Labute approximate surface area is 119 Å². The molecule has 0 aromatic heterocycles. The fourth-order valence-corrected chi connectivity index (χ4v) is 2.20. The second kappa shape index (κ2) is 5.90. The van der Waals surface area contributed by atoms with Crippen molar-refractivity contribution in [1.82, 2.24) is 4.90 Å². The first-order valence-electron chi connectivity index (χ1n) is 6.41. The third-order valence-electron chi connectivity index (χ3n) is 3.26. The summed E-state index contributed by atoms with van der Waals surface area (Å²) in [6.45, 7) is 2.83. The van der Waals surface area contributed by atoms with E-state index in [2.05, 4.69) is 5.43 Å². The Balaban J connectivity index is 2.34. The summed E-state index contributed by atoms with van der Waals surface area (Å²) in [6, 6.07) is 2.85. The molecular formula is C13H16F3N3O2. The van der Waals surface area contributed by atoms with Crippen LogP contribution < -0.4 is 11.3 Å². The van der Waals surface area contributed by atoms with Crippen molar-refractivity contribution >= 4 is 11.6 Å². The average molecular weight is 303 g/mol. The van der Waals surface area contributed by atoms with Gasteiger partial charge in [-0.25, -0.2) is 0 Å². The fourth-order valence-electron chi connectivity index (χ4n) is 2.20. The van der Waals surface area contributed by atoms with Gasteiger partial charge in [-0.05, 0) is 25.1 Å². The highest BCUT2D eigenvalue weighted by Gasteiger charge is 2.33. The zero-order valence-corrected chi connectivity index (χ0v) is 11.4. The number of halogens is 3. The molecule has 1 aromatic rings. The lowest BCUT2D eigenvalue weighted by molar-refractivity contribution is -0.137. The molecule has 1 heterocycles. The van der Waals surface area contributed by atoms with Crippen molar-refractivity contribution < 1.29 is 22.7 Å². The molecule has 21 heavy (non-hydrogen) atoms. The van der Waals surface area contributed by atoms with Gasteiger partial charge in [0.05, 0.1) is 29.5 Å². The van der Waals surface area contributed by atoms with Crippen LogP contribution in [0.2, 0.25) is 0 Å². The van der Waals surface area contributed by atoms with Crippen molar-refractivity contribution in [3.63, 3.8) is 0 Å². The topological polar surface area (TPSA) is 67.6 Å². The molecule has 3 N–H and O–H groups in total. The van der Waals surface area contributed by atoms with E-state index in [0.29, 0.717) is 19.7 Å². The summed E-state index contributed by atoms with van der Waals surface area (Å²) in [5, 5.41) is 0. The first-order valence-corrected chi connectivity index (χ1v) is 6.41. The Morgan fingerprint density at radius 2 is 2.19 bits per heavy atom. The van der Waals surface area contributed by atoms with Crippen LogP contribution in [-0.4, -0.2) is 36.6 Å². The molecule has 1 amide bonds. The van der Waals surface area contributed by atoms with Gasteiger partial charge in [0, 0.05) is 13.1 Å². The van der Waals surface area contributed by atoms with Crippen LogP contribution in [0, 0.1) is 0 Å². The Morgan fingerprint density at radius 3 is 2.76 bits per heavy atom. The molecule has 1 aliphatic rings. The maximum atomic E-state index is 12.8. The van der Waals surface area contributed by atoms with Gasteiger partial charge in [-0.2, -0.15) is 13.2 Å². The molecular weight excluding hydrogens is 287 g/mol. The number of morpholine rings is 1. The van der Waals surface area contributed by atoms with Gasteiger partial charge >= 0.3 is 6.18 Å². The van der Waals surface area contributed by atoms with Crippen LogP contribution in [0.1, 0.15) is 22.8 Å². The summed E-state index contributed by atoms with van der Waals surface area (Å²) in [5.74, 6) is 4.78. The zero-order chi connectivity index (χ0) is 15.6. The molecule has 1 saturated heterocycles. The van der Waals surface area contributed by atoms with Gasteiger partial charge in [0.15, 0.2) is 0 Å². The van der Waals surface area contributed by atoms with Gasteiger partial charge in [0.25, 0.3) is 5.91 Å². The van der Waals surface area contributed by atoms with Crippen LogP contribution in [0.4, 0.5) is 18.9 Å². The number of hydrazine groups is 1. The summed E-state index contributed by atoms with van der Waals surface area (Å²) >= 11 is 0. The number of rotatable bonds is 2. The summed E-state index contributed by atoms with van der Waals surface area (Å²) < 4.78 is 43.6. The van der Waals surface area contributed by atoms with Crippen LogP contribution >= 0.6 is 0 Å². The van der Waals surface area contributed by atoms with E-state index in [-0.39, 0.29) is 17.4 Å². The predicted molar refractivity (Wildman–Crippen MR) is 70.6 cm³/mol. The van der Waals surface area contributed by atoms with Crippen molar-refractivity contribution in [2.24, 2.45) is 5.84 Å². The molecule has 1 fully saturated rings. The number of nitrogens with two attached hydrogens (primary N) is 1. The monoisotopic (exact) mass is 303 g/mol. The highest BCUT2D eigenvalue weighted by Crippen LogP contribution is 2.32. The second-order valence-electron chi connectivity index (χ2n) is 4.84. The van der Waals surface area contributed by atoms with Crippen molar-refractivity contribution in [1.29, 1.82) is 0 Å². The van der Waals surface area contributed by atoms with Gasteiger partial charge in [-0.15, -0.1) is 0 Å². The minimum absolute atomic E-state index is 0.0959. The molecule has 8 heteroatoms. The normalized spacial score (nSPS) is 19.5. The molecule has 0 radical (unpaired) electrons. The van der Waals surface area contributed by atoms with Crippen LogP contribution in [-0.2, 0) is 10.9 Å². The van der Waals surface area contributed by atoms with Crippen LogP contribution in [0.3, 0.4) is 0 Å². The molecule has 1 atom stereocenters. The molecule has 1 aliphatic heterocycles. The third-order valence-corrected chi connectivity index (χ3v) is 3.26. The number of amides is 1. The third kappa shape index (κ3) is 3.45. The van der Waals surface area contributed by atoms with Crippen molar-refractivity contribution in [2.75, 3.05) is 25.1 Å². The number of nitrogens with one attached hydrogen (secondary N) is 1. The number of carbonyl (C=O) groups excluding carboxylic acids is 1. The van der Waals surface area contributed by atoms with E-state index in [1.54, 1.807) is 6.92 Å². The lowest BCUT2D eigenvalue weighted by Gasteiger charge is -2.31. The molecule has 1 aromatic carbocycles. The Morgan fingerprint density at radius 1 is 1.48 bits per heavy atom. The van der Waals surface area contributed by atoms with Crippen molar-refractivity contribution in [3.8, 4) is 0 Å². The van der Waals surface area contributed by atoms with Gasteiger partial charge < -0.3 is 15.1 Å². The quantitative estimate of drug-likeness (QED) is 0.646. The largest absolute Gasteiger partial charge is 0.416 e. The van der Waals surface area contributed by atoms with E-state index in [1.807, 2.05) is 0 Å². The highest BCUT2D eigenvalue weighted by molar-refractivity contribution is 5.99. The fraction of sp³-hybridized carbons (Fsp3) is 0.462. The summed E-state index contributed by atoms with van der Waals surface area (Å²) in [4.78, 5) is 13.9. The number of carbonyl (C=O) groups is 1. The lowest BCUT2D eigenvalue weighted by Crippen LogP contribution is -2.44. The maximum absolute atomic E-state index is 12.8. The standard InChI is InChI=1S/C13H16F3N3O2/c1-8-7-19(4-5-21-8)12(20)10-6-9(13(14,15)16)2-3-11(10)18-17/h2-3,6,8,18H,4-5,7,17H2,1H3. The number of hydrogen-bond acceptors (Lipinski definition) is 4. The van der Waals surface area contributed by atoms with E-state index in [9.17, 15) is 18.0 Å². The van der Waals surface area contributed by atoms with Crippen LogP contribution in [0.5, 0.6) is 0 Å². The average Bonchev–Trinajstić information content (AvgIpc) is 2.44. The minimum Gasteiger partial charge on any atom is -0.375 e. The Bertz CT molecular complexity index is 534. The van der Waals surface area contributed by atoms with Gasteiger partial charge in [-0.3, -0.25) is 10.6 Å². The number of hydrogen-bond donors (Lipinski definition) is 2. The Kier molecular flexibility index (Phi) is 4.38. The number of nitrogens with zero attached hydrogens (tertiary/aromatic N) is 1. The molecule has 0 bridgehead atoms. The predicted octanol–water partition coefficient (Wildman–Crippen LogP) is 1.85. The number of benzene rings is 1. The zero-order valence-electron chi connectivity index (χ0n) is 11.4. The van der Waals surface area contributed by atoms with E-state index in [4.69, 9.17) is 10.6 Å². The van der Waals surface area contributed by atoms with Crippen LogP contribution in [0.25, 0.3) is 0 Å². The number of alkyl halides is 3. The lowest BCUT2D eigenvalue weighted by atomic mass is 10.1. The van der Waals surface area contributed by atoms with E-state index in [1.165, 1.54) is 4.90 Å². The van der Waals surface area contributed by atoms with E-state index < -0.39 is 17.6 Å². The van der Waals surface area contributed by atoms with Crippen molar-refractivity contribution in [3.05, 3.63) is 29.3 Å². The number of ether oxygens (including phenoxy) is 1. The molecule has 0 spiro atoms. The molecule has 5 nitrogen and oxygen atoms in total. The number of anilines is 1. The van der Waals surface area contributed by atoms with Gasteiger partial charge in [-0.1, -0.05) is 0 Å². The smallest absolute Gasteiger partial charge is 0.375 e. The highest BCUT2D eigenvalue weighted by atomic mass is 19.4. The minimum atomic E-state index is -4.51. The maximum Gasteiger partial charge on any atom is 0.416 e. The van der Waals surface area contributed by atoms with Gasteiger partial charge in [0.1, 0.15) is 0 Å².